The van der Waals surface area contributed by atoms with Crippen LogP contribution < -0.4 is 14.8 Å². The number of nitrogens with one attached hydrogen (secondary N) is 1. The first-order valence-corrected chi connectivity index (χ1v) is 8.77. The number of urea groups is 1. The molecular formula is C19H28N2O5. The van der Waals surface area contributed by atoms with Crippen LogP contribution in [0.4, 0.5) is 4.79 Å². The predicted molar refractivity (Wildman–Crippen MR) is 97.7 cm³/mol. The number of aliphatic carboxylic acids is 1. The van der Waals surface area contributed by atoms with Gasteiger partial charge in [0.15, 0.2) is 11.5 Å². The lowest BCUT2D eigenvalue weighted by atomic mass is 9.91. The van der Waals surface area contributed by atoms with Crippen molar-refractivity contribution in [3.05, 3.63) is 23.3 Å². The fourth-order valence-electron chi connectivity index (χ4n) is 3.51. The minimum absolute atomic E-state index is 0.161. The third kappa shape index (κ3) is 4.39. The van der Waals surface area contributed by atoms with E-state index in [4.69, 9.17) is 9.47 Å². The molecule has 0 spiro atoms. The van der Waals surface area contributed by atoms with Crippen LogP contribution in [0.5, 0.6) is 11.5 Å². The molecule has 3 atom stereocenters. The number of nitrogens with zero attached hydrogens (tertiary/aromatic N) is 1. The fourth-order valence-corrected chi connectivity index (χ4v) is 3.51. The molecule has 0 saturated carbocycles. The largest absolute Gasteiger partial charge is 0.493 e. The summed E-state index contributed by atoms with van der Waals surface area (Å²) in [6.45, 7) is 6.62. The number of hydrogen-bond donors (Lipinski definition) is 2. The van der Waals surface area contributed by atoms with Crippen molar-refractivity contribution < 1.29 is 24.2 Å². The number of methoxy groups -OCH3 is 2. The Morgan fingerprint density at radius 2 is 1.85 bits per heavy atom. The first-order chi connectivity index (χ1) is 12.3. The van der Waals surface area contributed by atoms with Gasteiger partial charge in [0, 0.05) is 13.1 Å². The summed E-state index contributed by atoms with van der Waals surface area (Å²) < 4.78 is 10.6. The molecule has 1 saturated heterocycles. The minimum atomic E-state index is -0.849. The van der Waals surface area contributed by atoms with Gasteiger partial charge in [-0.25, -0.2) is 4.79 Å². The molecule has 7 heteroatoms. The first kappa shape index (κ1) is 19.9. The smallest absolute Gasteiger partial charge is 0.317 e. The van der Waals surface area contributed by atoms with Gasteiger partial charge in [0.1, 0.15) is 0 Å². The maximum absolute atomic E-state index is 12.7. The lowest BCUT2D eigenvalue weighted by molar-refractivity contribution is -0.143. The van der Waals surface area contributed by atoms with Gasteiger partial charge in [-0.1, -0.05) is 6.92 Å². The molecule has 0 aromatic heterocycles. The van der Waals surface area contributed by atoms with Crippen molar-refractivity contribution in [2.24, 2.45) is 11.8 Å². The normalized spacial score (nSPS) is 21.0. The number of likely N-dealkylation sites (tertiary alicyclic amines) is 1. The monoisotopic (exact) mass is 364 g/mol. The van der Waals surface area contributed by atoms with Gasteiger partial charge in [-0.05, 0) is 49.4 Å². The summed E-state index contributed by atoms with van der Waals surface area (Å²) in [7, 11) is 3.15. The van der Waals surface area contributed by atoms with Crippen molar-refractivity contribution in [1.29, 1.82) is 0 Å². The predicted octanol–water partition coefficient (Wildman–Crippen LogP) is 2.83. The minimum Gasteiger partial charge on any atom is -0.493 e. The Bertz CT molecular complexity index is 676. The highest BCUT2D eigenvalue weighted by Gasteiger charge is 2.32. The molecule has 1 fully saturated rings. The van der Waals surface area contributed by atoms with Crippen LogP contribution in [0.15, 0.2) is 12.1 Å². The maximum atomic E-state index is 12.7. The number of carboxylic acids is 1. The second kappa shape index (κ2) is 8.29. The summed E-state index contributed by atoms with van der Waals surface area (Å²) in [4.78, 5) is 25.6. The van der Waals surface area contributed by atoms with Gasteiger partial charge in [0.25, 0.3) is 0 Å². The first-order valence-electron chi connectivity index (χ1n) is 8.77. The van der Waals surface area contributed by atoms with Crippen LogP contribution >= 0.6 is 0 Å². The molecule has 1 heterocycles. The SMILES string of the molecule is COc1cc(C)c(C(C)NC(=O)N2CC(C)CC(C(=O)O)C2)cc1OC. The number of benzene rings is 1. The zero-order valence-electron chi connectivity index (χ0n) is 16.0. The molecule has 1 aliphatic rings. The summed E-state index contributed by atoms with van der Waals surface area (Å²) >= 11 is 0. The summed E-state index contributed by atoms with van der Waals surface area (Å²) in [6, 6.07) is 3.24. The number of carbonyl (C=O) groups is 2. The molecule has 2 amide bonds. The highest BCUT2D eigenvalue weighted by Crippen LogP contribution is 2.33. The van der Waals surface area contributed by atoms with E-state index in [1.165, 1.54) is 0 Å². The number of aryl methyl sites for hydroxylation is 1. The van der Waals surface area contributed by atoms with E-state index >= 15 is 0 Å². The highest BCUT2D eigenvalue weighted by atomic mass is 16.5. The van der Waals surface area contributed by atoms with Crippen LogP contribution in [-0.2, 0) is 4.79 Å². The summed E-state index contributed by atoms with van der Waals surface area (Å²) in [5.74, 6) is 0.0441. The number of rotatable bonds is 5. The Morgan fingerprint density at radius 3 is 2.42 bits per heavy atom. The molecule has 26 heavy (non-hydrogen) atoms. The number of hydrogen-bond acceptors (Lipinski definition) is 4. The summed E-state index contributed by atoms with van der Waals surface area (Å²) in [6.07, 6.45) is 0.601. The molecule has 144 valence electrons. The van der Waals surface area contributed by atoms with Gasteiger partial charge in [0.2, 0.25) is 0 Å². The number of amides is 2. The highest BCUT2D eigenvalue weighted by molar-refractivity contribution is 5.77. The Morgan fingerprint density at radius 1 is 1.23 bits per heavy atom. The number of ether oxygens (including phenoxy) is 2. The van der Waals surface area contributed by atoms with Crippen LogP contribution in [0.2, 0.25) is 0 Å². The number of carboxylic acid groups (broad SMARTS) is 1. The molecule has 7 nitrogen and oxygen atoms in total. The Kier molecular flexibility index (Phi) is 6.34. The third-order valence-electron chi connectivity index (χ3n) is 4.87. The van der Waals surface area contributed by atoms with Crippen LogP contribution in [0.1, 0.15) is 37.4 Å². The van der Waals surface area contributed by atoms with Crippen molar-refractivity contribution in [2.75, 3.05) is 27.3 Å². The van der Waals surface area contributed by atoms with Gasteiger partial charge in [-0.3, -0.25) is 4.79 Å². The lowest BCUT2D eigenvalue weighted by Crippen LogP contribution is -2.49. The standard InChI is InChI=1S/C19H28N2O5/c1-11-6-14(18(22)23)10-21(9-11)19(24)20-13(3)15-8-17(26-5)16(25-4)7-12(15)2/h7-8,11,13-14H,6,9-10H2,1-5H3,(H,20,24)(H,22,23). The molecule has 1 aromatic rings. The quantitative estimate of drug-likeness (QED) is 0.839. The molecule has 3 unspecified atom stereocenters. The molecule has 1 aliphatic heterocycles. The van der Waals surface area contributed by atoms with Crippen molar-refractivity contribution in [3.8, 4) is 11.5 Å². The Balaban J connectivity index is 2.12. The number of piperidine rings is 1. The molecule has 0 bridgehead atoms. The molecule has 2 rings (SSSR count). The lowest BCUT2D eigenvalue weighted by Gasteiger charge is -2.35. The van der Waals surface area contributed by atoms with Gasteiger partial charge >= 0.3 is 12.0 Å². The summed E-state index contributed by atoms with van der Waals surface area (Å²) in [5.41, 5.74) is 1.90. The van der Waals surface area contributed by atoms with E-state index < -0.39 is 11.9 Å². The summed E-state index contributed by atoms with van der Waals surface area (Å²) in [5, 5.41) is 12.2. The van der Waals surface area contributed by atoms with E-state index in [9.17, 15) is 14.7 Å². The van der Waals surface area contributed by atoms with Crippen molar-refractivity contribution in [1.82, 2.24) is 10.2 Å². The van der Waals surface area contributed by atoms with Crippen LogP contribution in [0.3, 0.4) is 0 Å². The van der Waals surface area contributed by atoms with Crippen LogP contribution in [0.25, 0.3) is 0 Å². The average molecular weight is 364 g/mol. The van der Waals surface area contributed by atoms with E-state index in [2.05, 4.69) is 5.32 Å². The fraction of sp³-hybridized carbons (Fsp3) is 0.579. The van der Waals surface area contributed by atoms with Crippen molar-refractivity contribution in [3.63, 3.8) is 0 Å². The van der Waals surface area contributed by atoms with Gasteiger partial charge in [-0.2, -0.15) is 0 Å². The topological polar surface area (TPSA) is 88.1 Å². The third-order valence-corrected chi connectivity index (χ3v) is 4.87. The molecule has 0 aliphatic carbocycles. The van der Waals surface area contributed by atoms with Gasteiger partial charge in [-0.15, -0.1) is 0 Å². The maximum Gasteiger partial charge on any atom is 0.317 e. The van der Waals surface area contributed by atoms with Gasteiger partial charge in [0.05, 0.1) is 26.2 Å². The van der Waals surface area contributed by atoms with Crippen LogP contribution in [0, 0.1) is 18.8 Å². The molecule has 1 aromatic carbocycles. The Hall–Kier alpha value is -2.44. The average Bonchev–Trinajstić information content (AvgIpc) is 2.60. The zero-order valence-corrected chi connectivity index (χ0v) is 16.0. The zero-order chi connectivity index (χ0) is 19.4. The second-order valence-corrected chi connectivity index (χ2v) is 7.02. The molecule has 0 radical (unpaired) electrons. The van der Waals surface area contributed by atoms with Gasteiger partial charge < -0.3 is 24.8 Å². The number of carbonyl (C=O) groups excluding carboxylic acids is 1. The van der Waals surface area contributed by atoms with E-state index in [-0.39, 0.29) is 24.5 Å². The second-order valence-electron chi connectivity index (χ2n) is 7.02. The van der Waals surface area contributed by atoms with E-state index in [0.29, 0.717) is 24.5 Å². The molecular weight excluding hydrogens is 336 g/mol. The van der Waals surface area contributed by atoms with Crippen LogP contribution in [-0.4, -0.2) is 49.3 Å². The van der Waals surface area contributed by atoms with E-state index in [0.717, 1.165) is 11.1 Å². The van der Waals surface area contributed by atoms with Crippen molar-refractivity contribution >= 4 is 12.0 Å². The Labute approximate surface area is 154 Å². The van der Waals surface area contributed by atoms with E-state index in [1.807, 2.05) is 32.9 Å². The van der Waals surface area contributed by atoms with E-state index in [1.54, 1.807) is 19.1 Å². The molecule has 2 N–H and O–H groups in total. The van der Waals surface area contributed by atoms with Crippen molar-refractivity contribution in [2.45, 2.75) is 33.2 Å².